The lowest BCUT2D eigenvalue weighted by Gasteiger charge is -2.18. The number of halogens is 1. The molecule has 3 aromatic carbocycles. The van der Waals surface area contributed by atoms with E-state index in [1.807, 2.05) is 6.07 Å². The molecule has 0 fully saturated rings. The largest absolute Gasteiger partial charge is 0.478 e. The van der Waals surface area contributed by atoms with Crippen LogP contribution in [0.5, 0.6) is 5.75 Å². The summed E-state index contributed by atoms with van der Waals surface area (Å²) in [4.78, 5) is 11.8. The minimum absolute atomic E-state index is 0.0938. The third kappa shape index (κ3) is 5.45. The van der Waals surface area contributed by atoms with Gasteiger partial charge in [0, 0.05) is 24.2 Å². The fourth-order valence-electron chi connectivity index (χ4n) is 2.99. The van der Waals surface area contributed by atoms with Gasteiger partial charge in [0.25, 0.3) is 0 Å². The number of nitriles is 1. The zero-order valence-electron chi connectivity index (χ0n) is 17.0. The van der Waals surface area contributed by atoms with E-state index in [2.05, 4.69) is 0 Å². The molecule has 0 saturated heterocycles. The molecule has 0 saturated carbocycles. The van der Waals surface area contributed by atoms with Gasteiger partial charge in [-0.2, -0.15) is 9.57 Å². The van der Waals surface area contributed by atoms with Gasteiger partial charge in [0.2, 0.25) is 16.1 Å². The number of hydrogen-bond donors (Lipinski definition) is 1. The Morgan fingerprint density at radius 1 is 1.12 bits per heavy atom. The SMILES string of the molecule is CN(Cc1ccc(OC(C(=O)O)c2cccc(C#N)c2)cc1)S(=O)(=O)c1cccc(Cl)c1. The summed E-state index contributed by atoms with van der Waals surface area (Å²) < 4.78 is 32.3. The molecule has 0 heterocycles. The number of carbonyl (C=O) groups is 1. The van der Waals surface area contributed by atoms with Crippen molar-refractivity contribution in [1.82, 2.24) is 4.31 Å². The van der Waals surface area contributed by atoms with Gasteiger partial charge < -0.3 is 9.84 Å². The Bertz CT molecular complexity index is 1270. The summed E-state index contributed by atoms with van der Waals surface area (Å²) in [6.07, 6.45) is -1.29. The minimum Gasteiger partial charge on any atom is -0.478 e. The van der Waals surface area contributed by atoms with Gasteiger partial charge in [-0.25, -0.2) is 13.2 Å². The molecule has 1 unspecified atom stereocenters. The molecule has 1 atom stereocenters. The highest BCUT2D eigenvalue weighted by Gasteiger charge is 2.23. The predicted molar refractivity (Wildman–Crippen MR) is 119 cm³/mol. The van der Waals surface area contributed by atoms with Crippen LogP contribution in [-0.4, -0.2) is 30.8 Å². The predicted octanol–water partition coefficient (Wildman–Crippen LogP) is 4.24. The average molecular weight is 471 g/mol. The van der Waals surface area contributed by atoms with Crippen LogP contribution in [0.15, 0.2) is 77.7 Å². The van der Waals surface area contributed by atoms with Crippen molar-refractivity contribution in [3.63, 3.8) is 0 Å². The van der Waals surface area contributed by atoms with E-state index >= 15 is 0 Å². The Hall–Kier alpha value is -3.38. The van der Waals surface area contributed by atoms with E-state index < -0.39 is 22.1 Å². The number of carboxylic acids is 1. The normalized spacial score (nSPS) is 12.2. The summed E-state index contributed by atoms with van der Waals surface area (Å²) in [6, 6.07) is 20.6. The van der Waals surface area contributed by atoms with Gasteiger partial charge in [0.1, 0.15) is 5.75 Å². The van der Waals surface area contributed by atoms with Gasteiger partial charge in [-0.15, -0.1) is 0 Å². The van der Waals surface area contributed by atoms with Crippen molar-refractivity contribution in [2.75, 3.05) is 7.05 Å². The third-order valence-electron chi connectivity index (χ3n) is 4.63. The second kappa shape index (κ2) is 9.83. The molecule has 0 aliphatic heterocycles. The van der Waals surface area contributed by atoms with Crippen molar-refractivity contribution < 1.29 is 23.1 Å². The van der Waals surface area contributed by atoms with E-state index in [1.165, 1.54) is 29.6 Å². The summed E-state index contributed by atoms with van der Waals surface area (Å²) in [5.41, 5.74) is 1.36. The summed E-state index contributed by atoms with van der Waals surface area (Å²) >= 11 is 5.90. The molecule has 7 nitrogen and oxygen atoms in total. The van der Waals surface area contributed by atoms with Crippen LogP contribution in [0.3, 0.4) is 0 Å². The van der Waals surface area contributed by atoms with Gasteiger partial charge in [-0.3, -0.25) is 0 Å². The molecule has 0 aliphatic rings. The van der Waals surface area contributed by atoms with Crippen LogP contribution in [-0.2, 0) is 21.4 Å². The van der Waals surface area contributed by atoms with Crippen LogP contribution < -0.4 is 4.74 Å². The highest BCUT2D eigenvalue weighted by molar-refractivity contribution is 7.89. The topological polar surface area (TPSA) is 108 Å². The Balaban J connectivity index is 1.74. The first kappa shape index (κ1) is 23.3. The molecule has 32 heavy (non-hydrogen) atoms. The standard InChI is InChI=1S/C23H19ClN2O5S/c1-26(32(29,30)21-7-3-6-19(24)13-21)15-16-8-10-20(11-9-16)31-22(23(27)28)18-5-2-4-17(12-18)14-25/h2-13,22H,15H2,1H3,(H,27,28). The minimum atomic E-state index is -3.73. The smallest absolute Gasteiger partial charge is 0.349 e. The number of hydrogen-bond acceptors (Lipinski definition) is 5. The molecular weight excluding hydrogens is 452 g/mol. The van der Waals surface area contributed by atoms with E-state index in [0.717, 1.165) is 0 Å². The Labute approximate surface area is 191 Å². The Morgan fingerprint density at radius 3 is 2.44 bits per heavy atom. The zero-order chi connectivity index (χ0) is 23.3. The van der Waals surface area contributed by atoms with Gasteiger partial charge in [0.05, 0.1) is 16.5 Å². The fraction of sp³-hybridized carbons (Fsp3) is 0.130. The zero-order valence-corrected chi connectivity index (χ0v) is 18.5. The van der Waals surface area contributed by atoms with Crippen molar-refractivity contribution in [2.45, 2.75) is 17.5 Å². The van der Waals surface area contributed by atoms with E-state index in [9.17, 15) is 18.3 Å². The van der Waals surface area contributed by atoms with Crippen LogP contribution >= 0.6 is 11.6 Å². The molecule has 0 bridgehead atoms. The van der Waals surface area contributed by atoms with Crippen LogP contribution in [0.4, 0.5) is 0 Å². The summed E-state index contributed by atoms with van der Waals surface area (Å²) in [6.45, 7) is 0.0989. The second-order valence-corrected chi connectivity index (χ2v) is 9.42. The highest BCUT2D eigenvalue weighted by Crippen LogP contribution is 2.25. The maximum Gasteiger partial charge on any atom is 0.349 e. The molecule has 0 spiro atoms. The van der Waals surface area contributed by atoms with E-state index in [0.29, 0.717) is 27.5 Å². The quantitative estimate of drug-likeness (QED) is 0.527. The maximum atomic E-state index is 12.7. The second-order valence-electron chi connectivity index (χ2n) is 6.94. The summed E-state index contributed by atoms with van der Waals surface area (Å²) in [5, 5.41) is 18.9. The lowest BCUT2D eigenvalue weighted by atomic mass is 10.1. The lowest BCUT2D eigenvalue weighted by molar-refractivity contribution is -0.145. The number of benzene rings is 3. The summed E-state index contributed by atoms with van der Waals surface area (Å²) in [5.74, 6) is -0.902. The van der Waals surface area contributed by atoms with Crippen molar-refractivity contribution in [2.24, 2.45) is 0 Å². The Kier molecular flexibility index (Phi) is 7.15. The number of sulfonamides is 1. The number of nitrogens with zero attached hydrogens (tertiary/aromatic N) is 2. The molecule has 0 aromatic heterocycles. The molecule has 0 amide bonds. The molecular formula is C23H19ClN2O5S. The fourth-order valence-corrected chi connectivity index (χ4v) is 4.45. The highest BCUT2D eigenvalue weighted by atomic mass is 35.5. The van der Waals surface area contributed by atoms with E-state index in [4.69, 9.17) is 21.6 Å². The maximum absolute atomic E-state index is 12.7. The van der Waals surface area contributed by atoms with Crippen molar-refractivity contribution in [1.29, 1.82) is 5.26 Å². The molecule has 3 rings (SSSR count). The van der Waals surface area contributed by atoms with Gasteiger partial charge in [0.15, 0.2) is 0 Å². The third-order valence-corrected chi connectivity index (χ3v) is 6.66. The van der Waals surface area contributed by atoms with E-state index in [-0.39, 0.29) is 11.4 Å². The average Bonchev–Trinajstić information content (AvgIpc) is 2.78. The number of rotatable bonds is 8. The van der Waals surface area contributed by atoms with E-state index in [1.54, 1.807) is 54.6 Å². The Morgan fingerprint density at radius 2 is 1.81 bits per heavy atom. The monoisotopic (exact) mass is 470 g/mol. The number of aliphatic carboxylic acids is 1. The molecule has 164 valence electrons. The van der Waals surface area contributed by atoms with Crippen LogP contribution in [0.1, 0.15) is 22.8 Å². The molecule has 0 aliphatic carbocycles. The van der Waals surface area contributed by atoms with Gasteiger partial charge in [-0.05, 0) is 48.0 Å². The first-order valence-electron chi connectivity index (χ1n) is 9.41. The van der Waals surface area contributed by atoms with Crippen LogP contribution in [0.2, 0.25) is 5.02 Å². The summed E-state index contributed by atoms with van der Waals surface area (Å²) in [7, 11) is -2.27. The number of carboxylic acid groups (broad SMARTS) is 1. The number of ether oxygens (including phenoxy) is 1. The van der Waals surface area contributed by atoms with Crippen molar-refractivity contribution >= 4 is 27.6 Å². The van der Waals surface area contributed by atoms with Gasteiger partial charge >= 0.3 is 5.97 Å². The van der Waals surface area contributed by atoms with Crippen LogP contribution in [0, 0.1) is 11.3 Å². The molecule has 1 N–H and O–H groups in total. The van der Waals surface area contributed by atoms with Crippen LogP contribution in [0.25, 0.3) is 0 Å². The first-order chi connectivity index (χ1) is 15.2. The first-order valence-corrected chi connectivity index (χ1v) is 11.2. The molecule has 0 radical (unpaired) electrons. The van der Waals surface area contributed by atoms with Gasteiger partial charge in [-0.1, -0.05) is 41.9 Å². The molecule has 9 heteroatoms. The van der Waals surface area contributed by atoms with Crippen molar-refractivity contribution in [3.8, 4) is 11.8 Å². The lowest BCUT2D eigenvalue weighted by Crippen LogP contribution is -2.26. The molecule has 3 aromatic rings. The van der Waals surface area contributed by atoms with Crippen molar-refractivity contribution in [3.05, 3.63) is 94.5 Å².